The van der Waals surface area contributed by atoms with Crippen LogP contribution in [0.15, 0.2) is 39.7 Å². The molecule has 0 bridgehead atoms. The minimum Gasteiger partial charge on any atom is -0.497 e. The molecule has 150 valence electrons. The number of carbonyl (C=O) groups is 3. The maximum Gasteiger partial charge on any atom is 0.325 e. The first-order valence-electron chi connectivity index (χ1n) is 8.09. The molecule has 1 aromatic heterocycles. The van der Waals surface area contributed by atoms with Crippen LogP contribution in [0.3, 0.4) is 0 Å². The third kappa shape index (κ3) is 4.14. The number of nitrogens with zero attached hydrogens (tertiary/aromatic N) is 2. The van der Waals surface area contributed by atoms with Crippen molar-refractivity contribution in [3.63, 3.8) is 0 Å². The second-order valence-corrected chi connectivity index (χ2v) is 6.68. The van der Waals surface area contributed by atoms with E-state index in [-0.39, 0.29) is 27.7 Å². The van der Waals surface area contributed by atoms with Gasteiger partial charge < -0.3 is 13.9 Å². The molecule has 2 heterocycles. The minimum atomic E-state index is -0.722. The van der Waals surface area contributed by atoms with E-state index in [1.54, 1.807) is 6.07 Å². The van der Waals surface area contributed by atoms with Crippen LogP contribution in [0.2, 0.25) is 0 Å². The molecule has 0 unspecified atom stereocenters. The number of nitro benzene ring substituents is 1. The molecule has 29 heavy (non-hydrogen) atoms. The second-order valence-electron chi connectivity index (χ2n) is 5.69. The number of thioether (sulfide) groups is 1. The van der Waals surface area contributed by atoms with Crippen LogP contribution in [0, 0.1) is 10.1 Å². The molecule has 0 radical (unpaired) electrons. The van der Waals surface area contributed by atoms with Crippen LogP contribution in [-0.2, 0) is 14.3 Å². The molecule has 0 spiro atoms. The van der Waals surface area contributed by atoms with Crippen molar-refractivity contribution in [1.82, 2.24) is 4.90 Å². The summed E-state index contributed by atoms with van der Waals surface area (Å²) in [5.74, 6) is -0.626. The number of carbonyl (C=O) groups excluding carboxylic acids is 3. The van der Waals surface area contributed by atoms with E-state index in [1.165, 1.54) is 37.5 Å². The summed E-state index contributed by atoms with van der Waals surface area (Å²) in [7, 11) is 2.55. The van der Waals surface area contributed by atoms with E-state index >= 15 is 0 Å². The summed E-state index contributed by atoms with van der Waals surface area (Å²) in [6.07, 6.45) is 1.33. The highest BCUT2D eigenvalue weighted by molar-refractivity contribution is 8.18. The van der Waals surface area contributed by atoms with E-state index in [0.717, 1.165) is 12.0 Å². The van der Waals surface area contributed by atoms with Crippen molar-refractivity contribution in [2.75, 3.05) is 20.8 Å². The Hall–Kier alpha value is -3.60. The third-order valence-corrected chi connectivity index (χ3v) is 4.86. The molecule has 10 nitrogen and oxygen atoms in total. The summed E-state index contributed by atoms with van der Waals surface area (Å²) in [6.45, 7) is -0.486. The Morgan fingerprint density at radius 1 is 1.28 bits per heavy atom. The molecular weight excluding hydrogens is 404 g/mol. The lowest BCUT2D eigenvalue weighted by molar-refractivity contribution is -0.384. The number of nitro groups is 1. The fourth-order valence-electron chi connectivity index (χ4n) is 2.53. The largest absolute Gasteiger partial charge is 0.497 e. The minimum absolute atomic E-state index is 0.0593. The fraction of sp³-hybridized carbons (Fsp3) is 0.167. The van der Waals surface area contributed by atoms with Gasteiger partial charge in [0.2, 0.25) is 0 Å². The molecular formula is C18H14N2O8S. The van der Waals surface area contributed by atoms with E-state index in [4.69, 9.17) is 9.15 Å². The lowest BCUT2D eigenvalue weighted by Gasteiger charge is -2.09. The maximum absolute atomic E-state index is 12.3. The van der Waals surface area contributed by atoms with Gasteiger partial charge in [-0.05, 0) is 36.0 Å². The summed E-state index contributed by atoms with van der Waals surface area (Å²) in [5, 5.41) is 10.7. The Morgan fingerprint density at radius 3 is 2.69 bits per heavy atom. The maximum atomic E-state index is 12.3. The predicted octanol–water partition coefficient (Wildman–Crippen LogP) is 3.07. The molecule has 2 amide bonds. The standard InChI is InChI=1S/C18H14N2O8S/c1-26-10-3-5-12(13(7-10)20(24)25)14-6-4-11(28-14)8-15-17(22)19(18(23)29-15)9-16(21)27-2/h3-8H,9H2,1-2H3/b15-8+. The topological polar surface area (TPSA) is 129 Å². The van der Waals surface area contributed by atoms with Crippen molar-refractivity contribution in [3.05, 3.63) is 51.1 Å². The van der Waals surface area contributed by atoms with Crippen molar-refractivity contribution in [3.8, 4) is 17.1 Å². The Balaban J connectivity index is 1.88. The predicted molar refractivity (Wildman–Crippen MR) is 102 cm³/mol. The van der Waals surface area contributed by atoms with Gasteiger partial charge in [0.1, 0.15) is 23.8 Å². The van der Waals surface area contributed by atoms with E-state index in [0.29, 0.717) is 17.5 Å². The van der Waals surface area contributed by atoms with Gasteiger partial charge >= 0.3 is 5.97 Å². The molecule has 3 rings (SSSR count). The van der Waals surface area contributed by atoms with E-state index < -0.39 is 28.6 Å². The normalized spacial score (nSPS) is 15.1. The van der Waals surface area contributed by atoms with Crippen LogP contribution in [0.4, 0.5) is 10.5 Å². The average Bonchev–Trinajstić information content (AvgIpc) is 3.27. The molecule has 2 aromatic rings. The molecule has 1 aliphatic rings. The number of methoxy groups -OCH3 is 2. The summed E-state index contributed by atoms with van der Waals surface area (Å²) >= 11 is 0.653. The monoisotopic (exact) mass is 418 g/mol. The molecule has 11 heteroatoms. The van der Waals surface area contributed by atoms with E-state index in [9.17, 15) is 24.5 Å². The molecule has 1 fully saturated rings. The van der Waals surface area contributed by atoms with Crippen molar-refractivity contribution < 1.29 is 33.2 Å². The van der Waals surface area contributed by atoms with Gasteiger partial charge in [-0.1, -0.05) is 0 Å². The van der Waals surface area contributed by atoms with Gasteiger partial charge in [0.05, 0.1) is 35.7 Å². The number of hydrogen-bond donors (Lipinski definition) is 0. The first-order valence-corrected chi connectivity index (χ1v) is 8.90. The molecule has 0 saturated carbocycles. The van der Waals surface area contributed by atoms with Crippen LogP contribution < -0.4 is 4.74 Å². The number of rotatable bonds is 6. The number of hydrogen-bond acceptors (Lipinski definition) is 9. The van der Waals surface area contributed by atoms with Crippen molar-refractivity contribution in [1.29, 1.82) is 0 Å². The van der Waals surface area contributed by atoms with Gasteiger partial charge in [-0.15, -0.1) is 0 Å². The quantitative estimate of drug-likeness (QED) is 0.301. The molecule has 0 N–H and O–H groups in total. The number of amides is 2. The van der Waals surface area contributed by atoms with Crippen LogP contribution in [0.25, 0.3) is 17.4 Å². The van der Waals surface area contributed by atoms with Crippen LogP contribution in [0.1, 0.15) is 5.76 Å². The summed E-state index contributed by atoms with van der Waals surface area (Å²) in [6, 6.07) is 7.35. The Labute approximate surface area is 168 Å². The van der Waals surface area contributed by atoms with Crippen LogP contribution in [0.5, 0.6) is 5.75 Å². The first-order chi connectivity index (χ1) is 13.8. The van der Waals surface area contributed by atoms with Crippen molar-refractivity contribution >= 4 is 40.6 Å². The lowest BCUT2D eigenvalue weighted by atomic mass is 10.1. The SMILES string of the molecule is COC(=O)CN1C(=O)S/C(=C/c2ccc(-c3ccc(OC)cc3[N+](=O)[O-])o2)C1=O. The van der Waals surface area contributed by atoms with E-state index in [2.05, 4.69) is 4.74 Å². The first kappa shape index (κ1) is 20.1. The van der Waals surface area contributed by atoms with Gasteiger partial charge in [0.15, 0.2) is 0 Å². The zero-order chi connectivity index (χ0) is 21.1. The second kappa shape index (κ2) is 8.19. The zero-order valence-electron chi connectivity index (χ0n) is 15.2. The molecule has 1 saturated heterocycles. The highest BCUT2D eigenvalue weighted by Gasteiger charge is 2.36. The summed E-state index contributed by atoms with van der Waals surface area (Å²) in [4.78, 5) is 47.2. The van der Waals surface area contributed by atoms with Gasteiger partial charge in [0.25, 0.3) is 16.8 Å². The van der Waals surface area contributed by atoms with Crippen molar-refractivity contribution in [2.24, 2.45) is 0 Å². The number of furan rings is 1. The number of ether oxygens (including phenoxy) is 2. The van der Waals surface area contributed by atoms with Crippen molar-refractivity contribution in [2.45, 2.75) is 0 Å². The number of imide groups is 1. The third-order valence-electron chi connectivity index (χ3n) is 3.96. The molecule has 1 aromatic carbocycles. The highest BCUT2D eigenvalue weighted by atomic mass is 32.2. The Bertz CT molecular complexity index is 1040. The number of esters is 1. The van der Waals surface area contributed by atoms with Crippen LogP contribution >= 0.6 is 11.8 Å². The average molecular weight is 418 g/mol. The molecule has 1 aliphatic heterocycles. The smallest absolute Gasteiger partial charge is 0.325 e. The van der Waals surface area contributed by atoms with Gasteiger partial charge in [-0.3, -0.25) is 29.4 Å². The Morgan fingerprint density at radius 2 is 2.03 bits per heavy atom. The summed E-state index contributed by atoms with van der Waals surface area (Å²) in [5.41, 5.74) is 0.0258. The summed E-state index contributed by atoms with van der Waals surface area (Å²) < 4.78 is 15.1. The fourth-order valence-corrected chi connectivity index (χ4v) is 3.35. The Kier molecular flexibility index (Phi) is 5.69. The van der Waals surface area contributed by atoms with Gasteiger partial charge in [0, 0.05) is 6.08 Å². The highest BCUT2D eigenvalue weighted by Crippen LogP contribution is 2.36. The molecule has 0 atom stereocenters. The molecule has 0 aliphatic carbocycles. The zero-order valence-corrected chi connectivity index (χ0v) is 16.1. The lowest BCUT2D eigenvalue weighted by Crippen LogP contribution is -2.34. The van der Waals surface area contributed by atoms with E-state index in [1.807, 2.05) is 0 Å². The van der Waals surface area contributed by atoms with Crippen LogP contribution in [-0.4, -0.2) is 47.7 Å². The van der Waals surface area contributed by atoms with Gasteiger partial charge in [-0.2, -0.15) is 0 Å². The van der Waals surface area contributed by atoms with Gasteiger partial charge in [-0.25, -0.2) is 0 Å². The number of benzene rings is 1.